The monoisotopic (exact) mass is 787 g/mol. The maximum Gasteiger partial charge on any atom is 0.240 e. The highest BCUT2D eigenvalue weighted by Crippen LogP contribution is 2.57. The number of sulfonamides is 1. The summed E-state index contributed by atoms with van der Waals surface area (Å²) in [5, 5.41) is 0.841. The zero-order valence-corrected chi connectivity index (χ0v) is 34.0. The fourth-order valence-corrected chi connectivity index (χ4v) is 10.2. The Morgan fingerprint density at radius 3 is 2.51 bits per heavy atom. The Morgan fingerprint density at radius 2 is 1.74 bits per heavy atom. The van der Waals surface area contributed by atoms with Crippen LogP contribution in [0.1, 0.15) is 87.8 Å². The molecule has 2 saturated carbocycles. The number of fused-ring (bicyclic) bond motifs is 3. The number of aryl methyl sites for hydroxylation is 2. The summed E-state index contributed by atoms with van der Waals surface area (Å²) in [4.78, 5) is 50.5. The summed E-state index contributed by atoms with van der Waals surface area (Å²) in [5.41, 5.74) is 4.59. The number of hydrogen-bond donors (Lipinski definition) is 1. The average molecular weight is 788 g/mol. The molecule has 9 nitrogen and oxygen atoms in total. The molecule has 1 saturated heterocycles. The van der Waals surface area contributed by atoms with E-state index in [1.807, 2.05) is 86.7 Å². The number of Topliss-reactive ketones (excluding diaryl/α,β-unsaturated/α-hetero) is 1. The Hall–Kier alpha value is -4.83. The number of benzene rings is 3. The second-order valence-corrected chi connectivity index (χ2v) is 19.5. The van der Waals surface area contributed by atoms with Crippen LogP contribution in [-0.2, 0) is 30.8 Å². The van der Waals surface area contributed by atoms with E-state index in [9.17, 15) is 22.8 Å². The lowest BCUT2D eigenvalue weighted by atomic mass is 9.89. The van der Waals surface area contributed by atoms with Crippen LogP contribution in [0.3, 0.4) is 0 Å². The van der Waals surface area contributed by atoms with Gasteiger partial charge in [0.1, 0.15) is 11.9 Å². The smallest absolute Gasteiger partial charge is 0.240 e. The SMILES string of the molecule is Cc1cccc(C[C@H]2CCCCC/C=C\[C@@H]3C[C@@]3(C(=O)NS(=O)(=O)C3(C)CC3)CC(=O)[C@@H]3C[C@@H](Oc4cc(-c5ccccc5)nc5cc(C)ccc45)CN3C2=O)c1. The van der Waals surface area contributed by atoms with Gasteiger partial charge in [0, 0.05) is 35.8 Å². The van der Waals surface area contributed by atoms with Gasteiger partial charge in [0.25, 0.3) is 0 Å². The van der Waals surface area contributed by atoms with Crippen molar-refractivity contribution in [1.82, 2.24) is 14.6 Å². The molecule has 4 aromatic rings. The highest BCUT2D eigenvalue weighted by molar-refractivity contribution is 7.91. The third-order valence-corrected chi connectivity index (χ3v) is 15.0. The number of allylic oxidation sites excluding steroid dienone is 2. The first-order valence-electron chi connectivity index (χ1n) is 20.6. The van der Waals surface area contributed by atoms with Crippen molar-refractivity contribution in [2.24, 2.45) is 17.3 Å². The fraction of sp³-hybridized carbons (Fsp3) is 0.447. The maximum atomic E-state index is 14.9. The number of nitrogens with one attached hydrogen (secondary N) is 1. The summed E-state index contributed by atoms with van der Waals surface area (Å²) in [5.74, 6) is -0.903. The fourth-order valence-electron chi connectivity index (χ4n) is 8.88. The Labute approximate surface area is 336 Å². The molecule has 2 aliphatic carbocycles. The number of amides is 2. The van der Waals surface area contributed by atoms with Gasteiger partial charge in [-0.2, -0.15) is 0 Å². The Balaban J connectivity index is 1.14. The number of pyridine rings is 1. The van der Waals surface area contributed by atoms with Crippen molar-refractivity contribution in [2.75, 3.05) is 6.54 Å². The number of carbonyl (C=O) groups excluding carboxylic acids is 3. The molecule has 2 amide bonds. The lowest BCUT2D eigenvalue weighted by Gasteiger charge is -2.29. The first-order valence-corrected chi connectivity index (χ1v) is 22.1. The van der Waals surface area contributed by atoms with Gasteiger partial charge in [-0.3, -0.25) is 19.1 Å². The van der Waals surface area contributed by atoms with E-state index >= 15 is 0 Å². The van der Waals surface area contributed by atoms with Gasteiger partial charge in [0.2, 0.25) is 21.8 Å². The second kappa shape index (κ2) is 15.5. The molecule has 0 radical (unpaired) electrons. The van der Waals surface area contributed by atoms with E-state index in [1.165, 1.54) is 0 Å². The first-order chi connectivity index (χ1) is 27.3. The molecule has 8 rings (SSSR count). The molecule has 298 valence electrons. The molecule has 1 aromatic heterocycles. The van der Waals surface area contributed by atoms with Gasteiger partial charge in [-0.25, -0.2) is 13.4 Å². The predicted octanol–water partition coefficient (Wildman–Crippen LogP) is 8.21. The van der Waals surface area contributed by atoms with Gasteiger partial charge in [0.05, 0.1) is 34.0 Å². The highest BCUT2D eigenvalue weighted by atomic mass is 32.2. The summed E-state index contributed by atoms with van der Waals surface area (Å²) in [6.07, 6.45) is 9.87. The van der Waals surface area contributed by atoms with Gasteiger partial charge < -0.3 is 9.64 Å². The minimum absolute atomic E-state index is 0.0794. The molecule has 5 atom stereocenters. The van der Waals surface area contributed by atoms with Crippen molar-refractivity contribution in [1.29, 1.82) is 0 Å². The Morgan fingerprint density at radius 1 is 0.947 bits per heavy atom. The molecule has 1 N–H and O–H groups in total. The van der Waals surface area contributed by atoms with Gasteiger partial charge >= 0.3 is 0 Å². The molecule has 2 aliphatic heterocycles. The van der Waals surface area contributed by atoms with E-state index < -0.39 is 38.2 Å². The van der Waals surface area contributed by atoms with E-state index in [4.69, 9.17) is 9.72 Å². The maximum absolute atomic E-state index is 14.9. The van der Waals surface area contributed by atoms with Crippen molar-refractivity contribution in [3.63, 3.8) is 0 Å². The molecule has 0 bridgehead atoms. The highest BCUT2D eigenvalue weighted by Gasteiger charge is 2.62. The molecule has 3 heterocycles. The van der Waals surface area contributed by atoms with E-state index in [-0.39, 0.29) is 42.9 Å². The van der Waals surface area contributed by atoms with Crippen LogP contribution in [0, 0.1) is 31.1 Å². The number of ether oxygens (including phenoxy) is 1. The van der Waals surface area contributed by atoms with Crippen molar-refractivity contribution in [3.8, 4) is 17.0 Å². The van der Waals surface area contributed by atoms with E-state index in [0.29, 0.717) is 37.9 Å². The number of hydrogen-bond acceptors (Lipinski definition) is 7. The van der Waals surface area contributed by atoms with Gasteiger partial charge in [-0.05, 0) is 94.9 Å². The molecule has 0 unspecified atom stereocenters. The number of aromatic nitrogens is 1. The van der Waals surface area contributed by atoms with Crippen LogP contribution in [0.4, 0.5) is 0 Å². The number of ketones is 1. The summed E-state index contributed by atoms with van der Waals surface area (Å²) in [7, 11) is -3.91. The third kappa shape index (κ3) is 8.15. The van der Waals surface area contributed by atoms with E-state index in [1.54, 1.807) is 11.8 Å². The van der Waals surface area contributed by atoms with Crippen molar-refractivity contribution < 1.29 is 27.5 Å². The van der Waals surface area contributed by atoms with E-state index in [0.717, 1.165) is 64.5 Å². The molecule has 57 heavy (non-hydrogen) atoms. The Bertz CT molecular complexity index is 2340. The molecule has 4 aliphatic rings. The lowest BCUT2D eigenvalue weighted by molar-refractivity contribution is -0.142. The van der Waals surface area contributed by atoms with Gasteiger partial charge in [-0.1, -0.05) is 91.2 Å². The van der Waals surface area contributed by atoms with Crippen molar-refractivity contribution in [3.05, 3.63) is 108 Å². The van der Waals surface area contributed by atoms with Crippen LogP contribution < -0.4 is 9.46 Å². The summed E-state index contributed by atoms with van der Waals surface area (Å²) < 4.78 is 34.8. The molecule has 3 aromatic carbocycles. The largest absolute Gasteiger partial charge is 0.488 e. The molecule has 3 fully saturated rings. The van der Waals surface area contributed by atoms with Crippen LogP contribution in [0.25, 0.3) is 22.2 Å². The Kier molecular flexibility index (Phi) is 10.6. The minimum atomic E-state index is -3.91. The topological polar surface area (TPSA) is 123 Å². The van der Waals surface area contributed by atoms with Crippen LogP contribution in [-0.4, -0.2) is 59.3 Å². The number of carbonyl (C=O) groups is 3. The summed E-state index contributed by atoms with van der Waals surface area (Å²) in [6.45, 7) is 5.94. The number of nitrogens with zero attached hydrogens (tertiary/aromatic N) is 2. The third-order valence-electron chi connectivity index (χ3n) is 12.8. The van der Waals surface area contributed by atoms with Crippen LogP contribution in [0.2, 0.25) is 0 Å². The predicted molar refractivity (Wildman–Crippen MR) is 222 cm³/mol. The summed E-state index contributed by atoms with van der Waals surface area (Å²) in [6, 6.07) is 25.3. The summed E-state index contributed by atoms with van der Waals surface area (Å²) >= 11 is 0. The van der Waals surface area contributed by atoms with Crippen LogP contribution in [0.15, 0.2) is 91.0 Å². The lowest BCUT2D eigenvalue weighted by Crippen LogP contribution is -2.47. The van der Waals surface area contributed by atoms with Crippen molar-refractivity contribution in [2.45, 2.75) is 108 Å². The number of rotatable bonds is 8. The van der Waals surface area contributed by atoms with Gasteiger partial charge in [0.15, 0.2) is 5.78 Å². The molecular weight excluding hydrogens is 735 g/mol. The first kappa shape index (κ1) is 39.0. The van der Waals surface area contributed by atoms with Crippen molar-refractivity contribution >= 4 is 38.5 Å². The van der Waals surface area contributed by atoms with Crippen LogP contribution >= 0.6 is 0 Å². The zero-order chi connectivity index (χ0) is 40.0. The minimum Gasteiger partial charge on any atom is -0.488 e. The van der Waals surface area contributed by atoms with E-state index in [2.05, 4.69) is 22.9 Å². The quantitative estimate of drug-likeness (QED) is 0.179. The standard InChI is InChI=1S/C47H53N3O6S/c1-31-13-12-14-33(23-31)25-35-17-8-5-4-6-11-18-36-28-47(36,45(53)49-57(54,55)46(3)21-22-46)29-42(51)41-26-37(30-50(41)44(35)52)56-43-27-39(34-15-9-7-10-16-34)48-40-24-32(2)19-20-38(40)43/h7,9-16,18-20,23-24,27,35-37,41H,4-6,8,17,21-22,25-26,28-30H2,1-3H3,(H,49,53)/b18-11-/t35-,36-,37-,41+,47-/m1/s1. The molecule has 0 spiro atoms. The second-order valence-electron chi connectivity index (χ2n) is 17.3. The zero-order valence-electron chi connectivity index (χ0n) is 33.2. The average Bonchev–Trinajstić information content (AvgIpc) is 4.07. The van der Waals surface area contributed by atoms with Gasteiger partial charge in [-0.15, -0.1) is 0 Å². The molecular formula is C47H53N3O6S. The van der Waals surface area contributed by atoms with Crippen LogP contribution in [0.5, 0.6) is 5.75 Å². The molecule has 10 heteroatoms. The normalized spacial score (nSPS) is 26.8.